The first-order valence-corrected chi connectivity index (χ1v) is 8.29. The summed E-state index contributed by atoms with van der Waals surface area (Å²) >= 11 is 9.09. The molecule has 3 N–H and O–H groups in total. The SMILES string of the molecule is Cc1ccc(Cl)cc1NS(=O)(=O)c1ccc(N)cc1Br. The maximum Gasteiger partial charge on any atom is 0.263 e. The molecule has 2 aromatic carbocycles. The number of halogens is 2. The Bertz CT molecular complexity index is 763. The van der Waals surface area contributed by atoms with Gasteiger partial charge in [0.25, 0.3) is 10.0 Å². The van der Waals surface area contributed by atoms with E-state index in [2.05, 4.69) is 20.7 Å². The van der Waals surface area contributed by atoms with Crippen molar-refractivity contribution in [1.29, 1.82) is 0 Å². The van der Waals surface area contributed by atoms with Crippen molar-refractivity contribution in [3.63, 3.8) is 0 Å². The molecule has 0 spiro atoms. The van der Waals surface area contributed by atoms with Crippen LogP contribution in [0.2, 0.25) is 5.02 Å². The highest BCUT2D eigenvalue weighted by molar-refractivity contribution is 9.10. The molecule has 0 aromatic heterocycles. The first-order chi connectivity index (χ1) is 9.29. The van der Waals surface area contributed by atoms with Crippen molar-refractivity contribution >= 4 is 48.9 Å². The number of nitrogens with two attached hydrogens (primary N) is 1. The van der Waals surface area contributed by atoms with E-state index in [-0.39, 0.29) is 4.90 Å². The first kappa shape index (κ1) is 15.2. The van der Waals surface area contributed by atoms with Gasteiger partial charge in [-0.1, -0.05) is 17.7 Å². The second-order valence-electron chi connectivity index (χ2n) is 4.25. The van der Waals surface area contributed by atoms with Crippen LogP contribution in [0.5, 0.6) is 0 Å². The van der Waals surface area contributed by atoms with E-state index in [1.807, 2.05) is 0 Å². The highest BCUT2D eigenvalue weighted by Gasteiger charge is 2.18. The first-order valence-electron chi connectivity index (χ1n) is 5.63. The van der Waals surface area contributed by atoms with E-state index >= 15 is 0 Å². The molecule has 0 saturated carbocycles. The Morgan fingerprint density at radius 2 is 1.90 bits per heavy atom. The van der Waals surface area contributed by atoms with Gasteiger partial charge in [-0.2, -0.15) is 0 Å². The Hall–Kier alpha value is -1.24. The van der Waals surface area contributed by atoms with Gasteiger partial charge in [-0.05, 0) is 58.7 Å². The molecule has 4 nitrogen and oxygen atoms in total. The second kappa shape index (κ2) is 5.63. The van der Waals surface area contributed by atoms with Gasteiger partial charge in [0.2, 0.25) is 0 Å². The molecule has 0 saturated heterocycles. The molecule has 0 aliphatic carbocycles. The van der Waals surface area contributed by atoms with Gasteiger partial charge in [0.1, 0.15) is 4.90 Å². The van der Waals surface area contributed by atoms with Gasteiger partial charge in [0.05, 0.1) is 5.69 Å². The number of sulfonamides is 1. The largest absolute Gasteiger partial charge is 0.399 e. The van der Waals surface area contributed by atoms with Crippen LogP contribution in [0.3, 0.4) is 0 Å². The maximum atomic E-state index is 12.4. The van der Waals surface area contributed by atoms with E-state index in [1.165, 1.54) is 12.1 Å². The number of hydrogen-bond acceptors (Lipinski definition) is 3. The van der Waals surface area contributed by atoms with Crippen LogP contribution >= 0.6 is 27.5 Å². The molecular formula is C13H12BrClN2O2S. The topological polar surface area (TPSA) is 72.2 Å². The third-order valence-corrected chi connectivity index (χ3v) is 5.27. The zero-order valence-electron chi connectivity index (χ0n) is 10.5. The van der Waals surface area contributed by atoms with Crippen LogP contribution in [0.25, 0.3) is 0 Å². The average molecular weight is 376 g/mol. The predicted molar refractivity (Wildman–Crippen MR) is 85.6 cm³/mol. The van der Waals surface area contributed by atoms with Crippen LogP contribution in [0.15, 0.2) is 45.8 Å². The third-order valence-electron chi connectivity index (χ3n) is 2.69. The van der Waals surface area contributed by atoms with E-state index in [0.29, 0.717) is 20.9 Å². The number of benzene rings is 2. The Morgan fingerprint density at radius 3 is 2.55 bits per heavy atom. The Morgan fingerprint density at radius 1 is 1.20 bits per heavy atom. The lowest BCUT2D eigenvalue weighted by molar-refractivity contribution is 0.600. The summed E-state index contributed by atoms with van der Waals surface area (Å²) in [4.78, 5) is 0.117. The van der Waals surface area contributed by atoms with Gasteiger partial charge in [-0.3, -0.25) is 4.72 Å². The van der Waals surface area contributed by atoms with Crippen molar-refractivity contribution in [1.82, 2.24) is 0 Å². The van der Waals surface area contributed by atoms with Gasteiger partial charge in [0, 0.05) is 15.2 Å². The van der Waals surface area contributed by atoms with Crippen molar-refractivity contribution < 1.29 is 8.42 Å². The molecular weight excluding hydrogens is 364 g/mol. The number of hydrogen-bond donors (Lipinski definition) is 2. The van der Waals surface area contributed by atoms with Gasteiger partial charge in [-0.25, -0.2) is 8.42 Å². The molecule has 20 heavy (non-hydrogen) atoms. The van der Waals surface area contributed by atoms with Crippen LogP contribution in [0, 0.1) is 6.92 Å². The highest BCUT2D eigenvalue weighted by Crippen LogP contribution is 2.28. The molecule has 0 atom stereocenters. The van der Waals surface area contributed by atoms with E-state index in [4.69, 9.17) is 17.3 Å². The van der Waals surface area contributed by atoms with Crippen molar-refractivity contribution in [2.75, 3.05) is 10.5 Å². The number of aryl methyl sites for hydroxylation is 1. The lowest BCUT2D eigenvalue weighted by Crippen LogP contribution is -2.14. The van der Waals surface area contributed by atoms with Crippen molar-refractivity contribution in [3.05, 3.63) is 51.5 Å². The van der Waals surface area contributed by atoms with Crippen LogP contribution < -0.4 is 10.5 Å². The van der Waals surface area contributed by atoms with E-state index in [0.717, 1.165) is 5.56 Å². The molecule has 2 aromatic rings. The fraction of sp³-hybridized carbons (Fsp3) is 0.0769. The van der Waals surface area contributed by atoms with Crippen molar-refractivity contribution in [3.8, 4) is 0 Å². The number of anilines is 2. The van der Waals surface area contributed by atoms with Crippen molar-refractivity contribution in [2.45, 2.75) is 11.8 Å². The zero-order valence-corrected chi connectivity index (χ0v) is 13.7. The molecule has 0 amide bonds. The van der Waals surface area contributed by atoms with Crippen LogP contribution in [-0.4, -0.2) is 8.42 Å². The molecule has 2 rings (SSSR count). The Kier molecular flexibility index (Phi) is 4.27. The molecule has 0 unspecified atom stereocenters. The van der Waals surface area contributed by atoms with Crippen LogP contribution in [0.1, 0.15) is 5.56 Å². The standard InChI is InChI=1S/C13H12BrClN2O2S/c1-8-2-3-9(15)6-12(8)17-20(18,19)13-5-4-10(16)7-11(13)14/h2-7,17H,16H2,1H3. The lowest BCUT2D eigenvalue weighted by Gasteiger charge is -2.12. The normalized spacial score (nSPS) is 11.3. The average Bonchev–Trinajstić information content (AvgIpc) is 2.33. The summed E-state index contributed by atoms with van der Waals surface area (Å²) in [6.07, 6.45) is 0. The number of rotatable bonds is 3. The zero-order chi connectivity index (χ0) is 14.9. The molecule has 0 fully saturated rings. The van der Waals surface area contributed by atoms with E-state index < -0.39 is 10.0 Å². The summed E-state index contributed by atoms with van der Waals surface area (Å²) in [7, 11) is -3.71. The summed E-state index contributed by atoms with van der Waals surface area (Å²) in [5, 5.41) is 0.463. The smallest absolute Gasteiger partial charge is 0.263 e. The van der Waals surface area contributed by atoms with Gasteiger partial charge >= 0.3 is 0 Å². The summed E-state index contributed by atoms with van der Waals surface area (Å²) in [6, 6.07) is 9.54. The van der Waals surface area contributed by atoms with Gasteiger partial charge in [-0.15, -0.1) is 0 Å². The maximum absolute atomic E-state index is 12.4. The highest BCUT2D eigenvalue weighted by atomic mass is 79.9. The molecule has 0 radical (unpaired) electrons. The minimum atomic E-state index is -3.71. The minimum Gasteiger partial charge on any atom is -0.399 e. The van der Waals surface area contributed by atoms with E-state index in [1.54, 1.807) is 31.2 Å². The van der Waals surface area contributed by atoms with E-state index in [9.17, 15) is 8.42 Å². The predicted octanol–water partition coefficient (Wildman–Crippen LogP) is 3.79. The molecule has 0 aliphatic heterocycles. The minimum absolute atomic E-state index is 0.117. The molecule has 0 aliphatic rings. The number of nitrogen functional groups attached to an aromatic ring is 1. The third kappa shape index (κ3) is 3.26. The number of nitrogens with one attached hydrogen (secondary N) is 1. The molecule has 106 valence electrons. The van der Waals surface area contributed by atoms with Gasteiger partial charge in [0.15, 0.2) is 0 Å². The lowest BCUT2D eigenvalue weighted by atomic mass is 10.2. The summed E-state index contributed by atoms with van der Waals surface area (Å²) in [6.45, 7) is 1.80. The fourth-order valence-corrected chi connectivity index (χ4v) is 4.03. The molecule has 0 bridgehead atoms. The summed E-state index contributed by atoms with van der Waals surface area (Å²) < 4.78 is 27.7. The fourth-order valence-electron chi connectivity index (χ4n) is 1.64. The Labute approximate surface area is 131 Å². The summed E-state index contributed by atoms with van der Waals surface area (Å²) in [5.41, 5.74) is 7.31. The second-order valence-corrected chi connectivity index (χ2v) is 7.20. The van der Waals surface area contributed by atoms with Crippen molar-refractivity contribution in [2.24, 2.45) is 0 Å². The van der Waals surface area contributed by atoms with Crippen LogP contribution in [0.4, 0.5) is 11.4 Å². The summed E-state index contributed by atoms with van der Waals surface area (Å²) in [5.74, 6) is 0. The molecule has 0 heterocycles. The monoisotopic (exact) mass is 374 g/mol. The Balaban J connectivity index is 2.43. The van der Waals surface area contributed by atoms with Gasteiger partial charge < -0.3 is 5.73 Å². The molecule has 7 heteroatoms. The van der Waals surface area contributed by atoms with Crippen LogP contribution in [-0.2, 0) is 10.0 Å². The quantitative estimate of drug-likeness (QED) is 0.802.